The van der Waals surface area contributed by atoms with E-state index in [-0.39, 0.29) is 11.3 Å². The first-order valence-corrected chi connectivity index (χ1v) is 6.22. The summed E-state index contributed by atoms with van der Waals surface area (Å²) in [5.41, 5.74) is 0.870. The lowest BCUT2D eigenvalue weighted by atomic mass is 10.1. The summed E-state index contributed by atoms with van der Waals surface area (Å²) in [7, 11) is 0. The maximum Gasteiger partial charge on any atom is 0.261 e. The molecule has 0 N–H and O–H groups in total. The Labute approximate surface area is 108 Å². The van der Waals surface area contributed by atoms with Crippen LogP contribution in [-0.2, 0) is 0 Å². The third kappa shape index (κ3) is 2.46. The number of ketones is 1. The average molecular weight is 265 g/mol. The van der Waals surface area contributed by atoms with Gasteiger partial charge < -0.3 is 4.42 Å². The van der Waals surface area contributed by atoms with E-state index in [2.05, 4.69) is 4.98 Å². The molecule has 0 unspecified atom stereocenters. The summed E-state index contributed by atoms with van der Waals surface area (Å²) >= 11 is 1.15. The van der Waals surface area contributed by atoms with Crippen LogP contribution in [0.2, 0.25) is 0 Å². The fourth-order valence-electron chi connectivity index (χ4n) is 1.51. The van der Waals surface area contributed by atoms with Gasteiger partial charge in [0.2, 0.25) is 0 Å². The number of nitrogens with zero attached hydrogens (tertiary/aromatic N) is 1. The highest BCUT2D eigenvalue weighted by Crippen LogP contribution is 2.32. The topological polar surface area (TPSA) is 43.1 Å². The summed E-state index contributed by atoms with van der Waals surface area (Å²) in [6, 6.07) is 4.51. The predicted octanol–water partition coefficient (Wildman–Crippen LogP) is 3.78. The monoisotopic (exact) mass is 265 g/mol. The fraction of sp³-hybridized carbons (Fsp3) is 0.231. The van der Waals surface area contributed by atoms with Crippen LogP contribution in [0.25, 0.3) is 0 Å². The van der Waals surface area contributed by atoms with Gasteiger partial charge in [-0.3, -0.25) is 4.79 Å². The second kappa shape index (κ2) is 4.94. The normalized spacial score (nSPS) is 10.7. The van der Waals surface area contributed by atoms with Gasteiger partial charge in [0.15, 0.2) is 5.78 Å². The van der Waals surface area contributed by atoms with Crippen LogP contribution in [0.15, 0.2) is 32.7 Å². The van der Waals surface area contributed by atoms with Crippen LogP contribution in [0, 0.1) is 19.7 Å². The van der Waals surface area contributed by atoms with Crippen molar-refractivity contribution < 1.29 is 13.6 Å². The molecule has 3 nitrogen and oxygen atoms in total. The van der Waals surface area contributed by atoms with E-state index in [9.17, 15) is 9.18 Å². The number of aryl methyl sites for hydroxylation is 2. The zero-order chi connectivity index (χ0) is 13.3. The summed E-state index contributed by atoms with van der Waals surface area (Å²) in [6.45, 7) is 4.98. The summed E-state index contributed by atoms with van der Waals surface area (Å²) in [4.78, 5) is 16.2. The van der Waals surface area contributed by atoms with Crippen molar-refractivity contribution in [2.45, 2.75) is 30.9 Å². The van der Waals surface area contributed by atoms with Crippen molar-refractivity contribution in [3.8, 4) is 0 Å². The first kappa shape index (κ1) is 12.8. The van der Waals surface area contributed by atoms with Gasteiger partial charge in [0.25, 0.3) is 5.22 Å². The molecule has 0 bridgehead atoms. The molecule has 94 valence electrons. The minimum Gasteiger partial charge on any atom is -0.436 e. The molecule has 0 radical (unpaired) electrons. The van der Waals surface area contributed by atoms with E-state index in [4.69, 9.17) is 4.42 Å². The molecule has 1 aromatic carbocycles. The Morgan fingerprint density at radius 1 is 1.39 bits per heavy atom. The third-order valence-electron chi connectivity index (χ3n) is 2.53. The highest BCUT2D eigenvalue weighted by Gasteiger charge is 2.16. The standard InChI is InChI=1S/C13H12FNO2S/c1-7-9(3)17-13(15-7)18-11-6-4-5-10(14)12(11)8(2)16/h4-6H,1-3H3. The number of halogens is 1. The molecule has 0 spiro atoms. The Bertz CT molecular complexity index is 588. The number of hydrogen-bond donors (Lipinski definition) is 0. The van der Waals surface area contributed by atoms with Gasteiger partial charge in [-0.15, -0.1) is 0 Å². The third-order valence-corrected chi connectivity index (χ3v) is 3.44. The highest BCUT2D eigenvalue weighted by atomic mass is 32.2. The minimum absolute atomic E-state index is 0.0796. The lowest BCUT2D eigenvalue weighted by molar-refractivity contribution is 0.101. The summed E-state index contributed by atoms with van der Waals surface area (Å²) in [5, 5.41) is 0.415. The summed E-state index contributed by atoms with van der Waals surface area (Å²) in [6.07, 6.45) is 0. The quantitative estimate of drug-likeness (QED) is 0.792. The van der Waals surface area contributed by atoms with E-state index in [0.717, 1.165) is 23.2 Å². The lowest BCUT2D eigenvalue weighted by Gasteiger charge is -2.04. The van der Waals surface area contributed by atoms with Gasteiger partial charge in [-0.1, -0.05) is 6.07 Å². The zero-order valence-corrected chi connectivity index (χ0v) is 11.1. The van der Waals surface area contributed by atoms with Gasteiger partial charge in [0.05, 0.1) is 11.3 Å². The maximum absolute atomic E-state index is 13.6. The molecule has 0 atom stereocenters. The number of oxazole rings is 1. The molecule has 0 fully saturated rings. The molecule has 18 heavy (non-hydrogen) atoms. The molecule has 0 aliphatic rings. The van der Waals surface area contributed by atoms with Gasteiger partial charge >= 0.3 is 0 Å². The molecule has 0 aliphatic carbocycles. The van der Waals surface area contributed by atoms with E-state index in [1.165, 1.54) is 13.0 Å². The number of carbonyl (C=O) groups is 1. The molecule has 1 heterocycles. The van der Waals surface area contributed by atoms with E-state index >= 15 is 0 Å². The van der Waals surface area contributed by atoms with Crippen LogP contribution in [0.5, 0.6) is 0 Å². The minimum atomic E-state index is -0.521. The van der Waals surface area contributed by atoms with Crippen molar-refractivity contribution in [2.75, 3.05) is 0 Å². The van der Waals surface area contributed by atoms with Crippen molar-refractivity contribution in [2.24, 2.45) is 0 Å². The number of Topliss-reactive ketones (excluding diaryl/α,β-unsaturated/α-hetero) is 1. The van der Waals surface area contributed by atoms with Crippen LogP contribution in [0.4, 0.5) is 4.39 Å². The highest BCUT2D eigenvalue weighted by molar-refractivity contribution is 7.99. The van der Waals surface area contributed by atoms with Crippen molar-refractivity contribution in [1.82, 2.24) is 4.98 Å². The number of carbonyl (C=O) groups excluding carboxylic acids is 1. The summed E-state index contributed by atoms with van der Waals surface area (Å²) in [5.74, 6) is -0.110. The Hall–Kier alpha value is -1.62. The molecule has 5 heteroatoms. The number of hydrogen-bond acceptors (Lipinski definition) is 4. The Kier molecular flexibility index (Phi) is 3.52. The molecule has 0 saturated carbocycles. The van der Waals surface area contributed by atoms with Crippen molar-refractivity contribution >= 4 is 17.5 Å². The van der Waals surface area contributed by atoms with Crippen molar-refractivity contribution in [1.29, 1.82) is 0 Å². The molecule has 2 aromatic rings. The molecular weight excluding hydrogens is 253 g/mol. The van der Waals surface area contributed by atoms with E-state index in [1.807, 2.05) is 13.8 Å². The van der Waals surface area contributed by atoms with E-state index in [0.29, 0.717) is 10.1 Å². The van der Waals surface area contributed by atoms with Crippen LogP contribution in [-0.4, -0.2) is 10.8 Å². The van der Waals surface area contributed by atoms with Gasteiger partial charge in [-0.2, -0.15) is 0 Å². The molecule has 0 saturated heterocycles. The fourth-order valence-corrected chi connectivity index (χ4v) is 2.54. The molecule has 1 aromatic heterocycles. The smallest absolute Gasteiger partial charge is 0.261 e. The first-order valence-electron chi connectivity index (χ1n) is 5.40. The lowest BCUT2D eigenvalue weighted by Crippen LogP contribution is -1.99. The molecule has 0 aliphatic heterocycles. The molecule has 2 rings (SSSR count). The van der Waals surface area contributed by atoms with Crippen LogP contribution >= 0.6 is 11.8 Å². The largest absolute Gasteiger partial charge is 0.436 e. The van der Waals surface area contributed by atoms with Gasteiger partial charge in [0.1, 0.15) is 11.6 Å². The van der Waals surface area contributed by atoms with Gasteiger partial charge in [-0.05, 0) is 44.7 Å². The van der Waals surface area contributed by atoms with Gasteiger partial charge in [-0.25, -0.2) is 9.37 Å². The predicted molar refractivity (Wildman–Crippen MR) is 66.5 cm³/mol. The number of benzene rings is 1. The zero-order valence-electron chi connectivity index (χ0n) is 10.3. The Morgan fingerprint density at radius 2 is 2.11 bits per heavy atom. The Morgan fingerprint density at radius 3 is 2.67 bits per heavy atom. The van der Waals surface area contributed by atoms with Gasteiger partial charge in [0, 0.05) is 4.90 Å². The van der Waals surface area contributed by atoms with E-state index < -0.39 is 5.82 Å². The average Bonchev–Trinajstić information content (AvgIpc) is 2.57. The summed E-state index contributed by atoms with van der Waals surface area (Å²) < 4.78 is 19.0. The van der Waals surface area contributed by atoms with Crippen molar-refractivity contribution in [3.63, 3.8) is 0 Å². The van der Waals surface area contributed by atoms with E-state index in [1.54, 1.807) is 12.1 Å². The first-order chi connectivity index (χ1) is 8.49. The molecule has 0 amide bonds. The SMILES string of the molecule is CC(=O)c1c(F)cccc1Sc1nc(C)c(C)o1. The number of aromatic nitrogens is 1. The number of rotatable bonds is 3. The van der Waals surface area contributed by atoms with Crippen LogP contribution in [0.3, 0.4) is 0 Å². The second-order valence-corrected chi connectivity index (χ2v) is 4.89. The molecular formula is C13H12FNO2S. The Balaban J connectivity index is 2.40. The maximum atomic E-state index is 13.6. The second-order valence-electron chi connectivity index (χ2n) is 3.89. The van der Waals surface area contributed by atoms with Crippen LogP contribution < -0.4 is 0 Å². The van der Waals surface area contributed by atoms with Crippen molar-refractivity contribution in [3.05, 3.63) is 41.0 Å². The van der Waals surface area contributed by atoms with Crippen LogP contribution in [0.1, 0.15) is 28.7 Å².